The number of anilines is 2. The fourth-order valence-corrected chi connectivity index (χ4v) is 4.50. The van der Waals surface area contributed by atoms with Gasteiger partial charge in [-0.3, -0.25) is 14.5 Å². The Morgan fingerprint density at radius 2 is 2.00 bits per heavy atom. The zero-order chi connectivity index (χ0) is 19.7. The summed E-state index contributed by atoms with van der Waals surface area (Å²) in [4.78, 5) is 27.1. The molecule has 8 heteroatoms. The molecule has 1 aromatic heterocycles. The predicted octanol–water partition coefficient (Wildman–Crippen LogP) is 3.97. The van der Waals surface area contributed by atoms with Crippen molar-refractivity contribution in [1.82, 2.24) is 10.2 Å². The zero-order valence-corrected chi connectivity index (χ0v) is 16.9. The SMILES string of the molecule is CC1(C)C(=O)Nc2ccccc2N1C(=O)CSc1nnc(C2CCCCC2)o1. The highest BCUT2D eigenvalue weighted by atomic mass is 32.2. The van der Waals surface area contributed by atoms with Crippen LogP contribution in [0.15, 0.2) is 33.9 Å². The fraction of sp³-hybridized carbons (Fsp3) is 0.500. The molecule has 2 amide bonds. The molecule has 0 spiro atoms. The monoisotopic (exact) mass is 400 g/mol. The average Bonchev–Trinajstić information content (AvgIpc) is 3.17. The second kappa shape index (κ2) is 7.58. The van der Waals surface area contributed by atoms with Crippen molar-refractivity contribution in [2.45, 2.75) is 62.6 Å². The number of benzene rings is 1. The third kappa shape index (κ3) is 3.53. The van der Waals surface area contributed by atoms with Crippen LogP contribution in [-0.4, -0.2) is 33.3 Å². The van der Waals surface area contributed by atoms with Gasteiger partial charge in [-0.1, -0.05) is 43.2 Å². The molecule has 4 rings (SSSR count). The van der Waals surface area contributed by atoms with E-state index >= 15 is 0 Å². The van der Waals surface area contributed by atoms with E-state index in [2.05, 4.69) is 15.5 Å². The minimum absolute atomic E-state index is 0.122. The predicted molar refractivity (Wildman–Crippen MR) is 107 cm³/mol. The Kier molecular flexibility index (Phi) is 5.14. The number of hydrogen-bond acceptors (Lipinski definition) is 6. The maximum absolute atomic E-state index is 13.0. The lowest BCUT2D eigenvalue weighted by Gasteiger charge is -2.42. The van der Waals surface area contributed by atoms with Gasteiger partial charge >= 0.3 is 0 Å². The van der Waals surface area contributed by atoms with E-state index in [1.54, 1.807) is 24.8 Å². The molecule has 28 heavy (non-hydrogen) atoms. The lowest BCUT2D eigenvalue weighted by molar-refractivity contribution is -0.125. The van der Waals surface area contributed by atoms with E-state index in [1.165, 1.54) is 31.0 Å². The Morgan fingerprint density at radius 3 is 2.79 bits per heavy atom. The van der Waals surface area contributed by atoms with E-state index < -0.39 is 5.54 Å². The van der Waals surface area contributed by atoms with Crippen molar-refractivity contribution in [3.63, 3.8) is 0 Å². The van der Waals surface area contributed by atoms with Gasteiger partial charge in [0.1, 0.15) is 5.54 Å². The van der Waals surface area contributed by atoms with Gasteiger partial charge in [0, 0.05) is 5.92 Å². The van der Waals surface area contributed by atoms with Crippen molar-refractivity contribution in [2.75, 3.05) is 16.0 Å². The molecule has 0 radical (unpaired) electrons. The summed E-state index contributed by atoms with van der Waals surface area (Å²) in [5.41, 5.74) is 0.363. The van der Waals surface area contributed by atoms with Gasteiger partial charge in [0.05, 0.1) is 17.1 Å². The number of hydrogen-bond donors (Lipinski definition) is 1. The van der Waals surface area contributed by atoms with Crippen molar-refractivity contribution in [1.29, 1.82) is 0 Å². The van der Waals surface area contributed by atoms with Crippen LogP contribution in [-0.2, 0) is 9.59 Å². The Bertz CT molecular complexity index is 889. The number of nitrogens with one attached hydrogen (secondary N) is 1. The summed E-state index contributed by atoms with van der Waals surface area (Å²) in [7, 11) is 0. The Morgan fingerprint density at radius 1 is 1.25 bits per heavy atom. The molecule has 2 heterocycles. The summed E-state index contributed by atoms with van der Waals surface area (Å²) >= 11 is 1.22. The van der Waals surface area contributed by atoms with Gasteiger partial charge in [-0.15, -0.1) is 10.2 Å². The summed E-state index contributed by atoms with van der Waals surface area (Å²) in [6.07, 6.45) is 5.82. The van der Waals surface area contributed by atoms with Gasteiger partial charge in [-0.25, -0.2) is 0 Å². The highest BCUT2D eigenvalue weighted by Crippen LogP contribution is 2.38. The van der Waals surface area contributed by atoms with Crippen molar-refractivity contribution in [2.24, 2.45) is 0 Å². The zero-order valence-electron chi connectivity index (χ0n) is 16.1. The second-order valence-corrected chi connectivity index (χ2v) is 8.72. The van der Waals surface area contributed by atoms with Crippen LogP contribution in [0.4, 0.5) is 11.4 Å². The number of thioether (sulfide) groups is 1. The maximum Gasteiger partial charge on any atom is 0.277 e. The number of para-hydroxylation sites is 2. The Hall–Kier alpha value is -2.35. The second-order valence-electron chi connectivity index (χ2n) is 7.79. The lowest BCUT2D eigenvalue weighted by atomic mass is 9.89. The van der Waals surface area contributed by atoms with E-state index in [9.17, 15) is 9.59 Å². The van der Waals surface area contributed by atoms with Crippen LogP contribution < -0.4 is 10.2 Å². The normalized spacial score (nSPS) is 19.2. The van der Waals surface area contributed by atoms with Crippen LogP contribution in [0, 0.1) is 0 Å². The molecule has 1 N–H and O–H groups in total. The van der Waals surface area contributed by atoms with Crippen LogP contribution in [0.25, 0.3) is 0 Å². The van der Waals surface area contributed by atoms with E-state index in [-0.39, 0.29) is 17.6 Å². The maximum atomic E-state index is 13.0. The van der Waals surface area contributed by atoms with Crippen molar-refractivity contribution < 1.29 is 14.0 Å². The number of rotatable bonds is 4. The first-order valence-corrected chi connectivity index (χ1v) is 10.6. The number of nitrogens with zero attached hydrogens (tertiary/aromatic N) is 3. The molecular formula is C20H24N4O3S. The first-order chi connectivity index (χ1) is 13.5. The Balaban J connectivity index is 1.47. The van der Waals surface area contributed by atoms with Crippen molar-refractivity contribution >= 4 is 35.0 Å². The molecule has 2 aromatic rings. The van der Waals surface area contributed by atoms with Crippen LogP contribution in [0.2, 0.25) is 0 Å². The van der Waals surface area contributed by atoms with Gasteiger partial charge in [0.25, 0.3) is 5.22 Å². The summed E-state index contributed by atoms with van der Waals surface area (Å²) in [5, 5.41) is 11.6. The molecule has 0 saturated heterocycles. The van der Waals surface area contributed by atoms with Crippen LogP contribution in [0.1, 0.15) is 57.8 Å². The number of amides is 2. The summed E-state index contributed by atoms with van der Waals surface area (Å²) in [6, 6.07) is 7.33. The molecule has 0 atom stereocenters. The standard InChI is InChI=1S/C20H24N4O3S/c1-20(2)18(26)21-14-10-6-7-11-15(14)24(20)16(25)12-28-19-23-22-17(27-19)13-8-4-3-5-9-13/h6-7,10-11,13H,3-5,8-9,12H2,1-2H3,(H,21,26). The minimum atomic E-state index is -0.978. The first kappa shape index (κ1) is 19.0. The quantitative estimate of drug-likeness (QED) is 0.781. The van der Waals surface area contributed by atoms with Gasteiger partial charge in [-0.2, -0.15) is 0 Å². The molecule has 2 aliphatic rings. The molecule has 1 fully saturated rings. The van der Waals surface area contributed by atoms with E-state index in [4.69, 9.17) is 4.42 Å². The molecule has 148 valence electrons. The third-order valence-corrected chi connectivity index (χ3v) is 6.26. The largest absolute Gasteiger partial charge is 0.416 e. The fourth-order valence-electron chi connectivity index (χ4n) is 3.88. The topological polar surface area (TPSA) is 88.3 Å². The number of fused-ring (bicyclic) bond motifs is 1. The van der Waals surface area contributed by atoms with Crippen molar-refractivity contribution in [3.05, 3.63) is 30.2 Å². The van der Waals surface area contributed by atoms with E-state index in [0.717, 1.165) is 12.8 Å². The summed E-state index contributed by atoms with van der Waals surface area (Å²) in [5.74, 6) is 0.759. The third-order valence-electron chi connectivity index (χ3n) is 5.45. The molecule has 7 nitrogen and oxygen atoms in total. The number of carbonyl (C=O) groups excluding carboxylic acids is 2. The lowest BCUT2D eigenvalue weighted by Crippen LogP contribution is -2.58. The number of carbonyl (C=O) groups is 2. The summed E-state index contributed by atoms with van der Waals surface area (Å²) < 4.78 is 5.79. The van der Waals surface area contributed by atoms with Gasteiger partial charge in [0.15, 0.2) is 0 Å². The van der Waals surface area contributed by atoms with Gasteiger partial charge in [-0.05, 0) is 38.8 Å². The van der Waals surface area contributed by atoms with Crippen LogP contribution in [0.3, 0.4) is 0 Å². The molecule has 1 aromatic carbocycles. The number of aromatic nitrogens is 2. The smallest absolute Gasteiger partial charge is 0.277 e. The van der Waals surface area contributed by atoms with Gasteiger partial charge < -0.3 is 9.73 Å². The van der Waals surface area contributed by atoms with Crippen LogP contribution in [0.5, 0.6) is 0 Å². The first-order valence-electron chi connectivity index (χ1n) is 9.66. The molecule has 0 unspecified atom stereocenters. The molecular weight excluding hydrogens is 376 g/mol. The summed E-state index contributed by atoms with van der Waals surface area (Å²) in [6.45, 7) is 3.49. The highest BCUT2D eigenvalue weighted by molar-refractivity contribution is 7.99. The van der Waals surface area contributed by atoms with E-state index in [1.807, 2.05) is 18.2 Å². The molecule has 0 bridgehead atoms. The van der Waals surface area contributed by atoms with Crippen molar-refractivity contribution in [3.8, 4) is 0 Å². The molecule has 1 aliphatic carbocycles. The minimum Gasteiger partial charge on any atom is -0.416 e. The molecule has 1 aliphatic heterocycles. The van der Waals surface area contributed by atoms with Gasteiger partial charge in [0.2, 0.25) is 17.7 Å². The average molecular weight is 401 g/mol. The Labute approximate surface area is 168 Å². The van der Waals surface area contributed by atoms with Crippen LogP contribution >= 0.6 is 11.8 Å². The molecule has 1 saturated carbocycles. The highest BCUT2D eigenvalue weighted by Gasteiger charge is 2.43. The van der Waals surface area contributed by atoms with E-state index in [0.29, 0.717) is 28.4 Å².